The first kappa shape index (κ1) is 8.62. The molecule has 5 heteroatoms. The molecule has 0 radical (unpaired) electrons. The molecule has 13 heavy (non-hydrogen) atoms. The first-order valence-corrected chi connectivity index (χ1v) is 4.73. The van der Waals surface area contributed by atoms with Crippen LogP contribution in [-0.2, 0) is 5.54 Å². The number of nitrogens with zero attached hydrogens (tertiary/aromatic N) is 3. The number of hydrogen-bond donors (Lipinski definition) is 2. The van der Waals surface area contributed by atoms with Crippen LogP contribution in [0.4, 0.5) is 0 Å². The summed E-state index contributed by atoms with van der Waals surface area (Å²) in [4.78, 5) is 0. The van der Waals surface area contributed by atoms with E-state index in [1.165, 1.54) is 0 Å². The number of hydrogen-bond acceptors (Lipinski definition) is 4. The zero-order valence-electron chi connectivity index (χ0n) is 7.82. The maximum absolute atomic E-state index is 6.20. The first-order chi connectivity index (χ1) is 6.21. The van der Waals surface area contributed by atoms with Gasteiger partial charge in [-0.25, -0.2) is 0 Å². The van der Waals surface area contributed by atoms with Gasteiger partial charge in [0.05, 0.1) is 5.54 Å². The van der Waals surface area contributed by atoms with Crippen molar-refractivity contribution in [2.24, 2.45) is 11.7 Å². The molecule has 0 unspecified atom stereocenters. The van der Waals surface area contributed by atoms with Crippen molar-refractivity contribution in [1.82, 2.24) is 20.6 Å². The Morgan fingerprint density at radius 1 is 1.46 bits per heavy atom. The largest absolute Gasteiger partial charge is 0.319 e. The minimum atomic E-state index is -0.334. The zero-order valence-corrected chi connectivity index (χ0v) is 7.82. The minimum Gasteiger partial charge on any atom is -0.319 e. The van der Waals surface area contributed by atoms with Crippen molar-refractivity contribution in [2.75, 3.05) is 0 Å². The van der Waals surface area contributed by atoms with E-state index in [4.69, 9.17) is 5.73 Å². The maximum Gasteiger partial charge on any atom is 0.194 e. The van der Waals surface area contributed by atoms with E-state index in [-0.39, 0.29) is 5.54 Å². The van der Waals surface area contributed by atoms with Crippen molar-refractivity contribution in [1.29, 1.82) is 0 Å². The molecule has 0 saturated heterocycles. The first-order valence-electron chi connectivity index (χ1n) is 4.73. The summed E-state index contributed by atoms with van der Waals surface area (Å²) in [5, 5.41) is 13.9. The number of aromatic nitrogens is 4. The van der Waals surface area contributed by atoms with Crippen LogP contribution in [0.3, 0.4) is 0 Å². The fourth-order valence-electron chi connectivity index (χ4n) is 1.87. The number of aromatic amines is 1. The molecule has 1 aromatic rings. The number of nitrogens with one attached hydrogen (secondary N) is 1. The van der Waals surface area contributed by atoms with Crippen molar-refractivity contribution in [2.45, 2.75) is 38.1 Å². The van der Waals surface area contributed by atoms with Gasteiger partial charge in [0.15, 0.2) is 5.82 Å². The third-order valence-electron chi connectivity index (χ3n) is 2.96. The van der Waals surface area contributed by atoms with Crippen molar-refractivity contribution in [3.63, 3.8) is 0 Å². The summed E-state index contributed by atoms with van der Waals surface area (Å²) in [5.74, 6) is 1.45. The Bertz CT molecular complexity index is 260. The van der Waals surface area contributed by atoms with Crippen LogP contribution < -0.4 is 5.73 Å². The summed E-state index contributed by atoms with van der Waals surface area (Å²) in [6.07, 6.45) is 4.25. The lowest BCUT2D eigenvalue weighted by molar-refractivity contribution is 0.237. The van der Waals surface area contributed by atoms with E-state index in [2.05, 4.69) is 27.5 Å². The molecule has 1 saturated carbocycles. The Balaban J connectivity index is 2.13. The predicted molar refractivity (Wildman–Crippen MR) is 47.7 cm³/mol. The molecule has 72 valence electrons. The van der Waals surface area contributed by atoms with Crippen LogP contribution in [0, 0.1) is 5.92 Å². The SMILES string of the molecule is CC1CCC(N)(c2nn[nH]n2)CC1. The third kappa shape index (κ3) is 1.56. The van der Waals surface area contributed by atoms with Crippen molar-refractivity contribution in [3.05, 3.63) is 5.82 Å². The van der Waals surface area contributed by atoms with E-state index in [9.17, 15) is 0 Å². The van der Waals surface area contributed by atoms with E-state index in [1.54, 1.807) is 0 Å². The maximum atomic E-state index is 6.20. The summed E-state index contributed by atoms with van der Waals surface area (Å²) in [6, 6.07) is 0. The average Bonchev–Trinajstić information content (AvgIpc) is 2.63. The minimum absolute atomic E-state index is 0.334. The van der Waals surface area contributed by atoms with Gasteiger partial charge in [-0.3, -0.25) is 0 Å². The fourth-order valence-corrected chi connectivity index (χ4v) is 1.87. The summed E-state index contributed by atoms with van der Waals surface area (Å²) < 4.78 is 0. The highest BCUT2D eigenvalue weighted by molar-refractivity contribution is 5.03. The van der Waals surface area contributed by atoms with Crippen LogP contribution in [0.15, 0.2) is 0 Å². The van der Waals surface area contributed by atoms with E-state index in [0.717, 1.165) is 31.6 Å². The molecule has 1 aliphatic rings. The van der Waals surface area contributed by atoms with Gasteiger partial charge in [0.2, 0.25) is 0 Å². The van der Waals surface area contributed by atoms with Gasteiger partial charge < -0.3 is 5.73 Å². The Morgan fingerprint density at radius 3 is 2.69 bits per heavy atom. The summed E-state index contributed by atoms with van der Waals surface area (Å²) >= 11 is 0. The van der Waals surface area contributed by atoms with Gasteiger partial charge in [-0.15, -0.1) is 10.2 Å². The lowest BCUT2D eigenvalue weighted by Crippen LogP contribution is -2.41. The Labute approximate surface area is 77.1 Å². The van der Waals surface area contributed by atoms with Crippen molar-refractivity contribution >= 4 is 0 Å². The molecule has 5 nitrogen and oxygen atoms in total. The zero-order chi connectivity index (χ0) is 9.31. The van der Waals surface area contributed by atoms with Gasteiger partial charge >= 0.3 is 0 Å². The highest BCUT2D eigenvalue weighted by Crippen LogP contribution is 2.35. The van der Waals surface area contributed by atoms with E-state index in [1.807, 2.05) is 0 Å². The molecular weight excluding hydrogens is 166 g/mol. The molecule has 0 aromatic carbocycles. The van der Waals surface area contributed by atoms with Crippen molar-refractivity contribution < 1.29 is 0 Å². The standard InChI is InChI=1S/C8H15N5/c1-6-2-4-8(9,5-3-6)7-10-12-13-11-7/h6H,2-5,9H2,1H3,(H,10,11,12,13). The van der Waals surface area contributed by atoms with Crippen LogP contribution in [0.25, 0.3) is 0 Å². The molecule has 2 rings (SSSR count). The lowest BCUT2D eigenvalue weighted by atomic mass is 9.77. The molecular formula is C8H15N5. The van der Waals surface area contributed by atoms with E-state index < -0.39 is 0 Å². The molecule has 0 spiro atoms. The molecule has 0 amide bonds. The Hall–Kier alpha value is -0.970. The number of nitrogens with two attached hydrogens (primary N) is 1. The second-order valence-electron chi connectivity index (χ2n) is 4.07. The third-order valence-corrected chi connectivity index (χ3v) is 2.96. The monoisotopic (exact) mass is 181 g/mol. The average molecular weight is 181 g/mol. The molecule has 3 N–H and O–H groups in total. The van der Waals surface area contributed by atoms with Gasteiger partial charge in [-0.2, -0.15) is 5.21 Å². The number of H-pyrrole nitrogens is 1. The lowest BCUT2D eigenvalue weighted by Gasteiger charge is -2.33. The van der Waals surface area contributed by atoms with E-state index in [0.29, 0.717) is 5.82 Å². The molecule has 0 bridgehead atoms. The molecule has 1 fully saturated rings. The molecule has 0 atom stereocenters. The van der Waals surface area contributed by atoms with Gasteiger partial charge in [0.25, 0.3) is 0 Å². The second kappa shape index (κ2) is 3.06. The molecule has 1 heterocycles. The summed E-state index contributed by atoms with van der Waals surface area (Å²) in [6.45, 7) is 2.26. The molecule has 0 aliphatic heterocycles. The van der Waals surface area contributed by atoms with Crippen LogP contribution in [0.1, 0.15) is 38.4 Å². The van der Waals surface area contributed by atoms with Gasteiger partial charge in [0.1, 0.15) is 0 Å². The Kier molecular flexibility index (Phi) is 2.03. The fraction of sp³-hybridized carbons (Fsp3) is 0.875. The van der Waals surface area contributed by atoms with Gasteiger partial charge in [0, 0.05) is 0 Å². The van der Waals surface area contributed by atoms with Crippen LogP contribution in [0.2, 0.25) is 0 Å². The molecule has 1 aromatic heterocycles. The number of tetrazole rings is 1. The highest BCUT2D eigenvalue weighted by atomic mass is 15.5. The van der Waals surface area contributed by atoms with Crippen LogP contribution >= 0.6 is 0 Å². The van der Waals surface area contributed by atoms with Crippen LogP contribution in [0.5, 0.6) is 0 Å². The summed E-state index contributed by atoms with van der Waals surface area (Å²) in [5.41, 5.74) is 5.87. The smallest absolute Gasteiger partial charge is 0.194 e. The molecule has 1 aliphatic carbocycles. The predicted octanol–water partition coefficient (Wildman–Crippen LogP) is 0.564. The Morgan fingerprint density at radius 2 is 2.15 bits per heavy atom. The normalized spacial score (nSPS) is 34.8. The second-order valence-corrected chi connectivity index (χ2v) is 4.07. The quantitative estimate of drug-likeness (QED) is 0.663. The van der Waals surface area contributed by atoms with Gasteiger partial charge in [-0.05, 0) is 31.6 Å². The highest BCUT2D eigenvalue weighted by Gasteiger charge is 2.35. The van der Waals surface area contributed by atoms with Crippen LogP contribution in [-0.4, -0.2) is 20.6 Å². The summed E-state index contributed by atoms with van der Waals surface area (Å²) in [7, 11) is 0. The topological polar surface area (TPSA) is 80.5 Å². The number of rotatable bonds is 1. The van der Waals surface area contributed by atoms with Gasteiger partial charge in [-0.1, -0.05) is 12.1 Å². The van der Waals surface area contributed by atoms with Crippen molar-refractivity contribution in [3.8, 4) is 0 Å². The van der Waals surface area contributed by atoms with E-state index >= 15 is 0 Å².